The van der Waals surface area contributed by atoms with Crippen molar-refractivity contribution in [2.75, 3.05) is 36.6 Å². The van der Waals surface area contributed by atoms with Crippen molar-refractivity contribution in [1.29, 1.82) is 0 Å². The number of para-hydroxylation sites is 2. The number of amides is 2. The van der Waals surface area contributed by atoms with Gasteiger partial charge in [-0.1, -0.05) is 12.1 Å². The molecule has 28 heavy (non-hydrogen) atoms. The highest BCUT2D eigenvalue weighted by Gasteiger charge is 2.35. The fraction of sp³-hybridized carbons (Fsp3) is 0.333. The Morgan fingerprint density at radius 1 is 1.18 bits per heavy atom. The molecule has 1 unspecified atom stereocenters. The summed E-state index contributed by atoms with van der Waals surface area (Å²) < 4.78 is 16.7. The van der Waals surface area contributed by atoms with Crippen LogP contribution in [0.4, 0.5) is 11.4 Å². The lowest BCUT2D eigenvalue weighted by Crippen LogP contribution is -2.28. The number of hydrogen-bond acceptors (Lipinski definition) is 5. The number of fused-ring (bicyclic) bond motifs is 1. The highest BCUT2D eigenvalue weighted by atomic mass is 16.6. The van der Waals surface area contributed by atoms with Crippen LogP contribution < -0.4 is 24.4 Å². The molecular weight excluding hydrogens is 360 g/mol. The number of carbonyl (C=O) groups excluding carboxylic acids is 2. The SMILES string of the molecule is CCOc1ccccc1NC(=O)C1CC(=O)N(c2ccc3c(c2)OCCO3)C1. The van der Waals surface area contributed by atoms with E-state index in [9.17, 15) is 9.59 Å². The van der Waals surface area contributed by atoms with Crippen molar-refractivity contribution >= 4 is 23.2 Å². The van der Waals surface area contributed by atoms with Crippen LogP contribution in [0.15, 0.2) is 42.5 Å². The minimum atomic E-state index is -0.435. The number of nitrogens with zero attached hydrogens (tertiary/aromatic N) is 1. The third kappa shape index (κ3) is 3.60. The topological polar surface area (TPSA) is 77.1 Å². The Balaban J connectivity index is 1.47. The van der Waals surface area contributed by atoms with Crippen molar-refractivity contribution in [3.8, 4) is 17.2 Å². The van der Waals surface area contributed by atoms with Crippen LogP contribution in [0.3, 0.4) is 0 Å². The molecule has 7 nitrogen and oxygen atoms in total. The van der Waals surface area contributed by atoms with E-state index in [1.54, 1.807) is 29.2 Å². The van der Waals surface area contributed by atoms with E-state index >= 15 is 0 Å². The van der Waals surface area contributed by atoms with Gasteiger partial charge in [0, 0.05) is 24.7 Å². The van der Waals surface area contributed by atoms with Crippen molar-refractivity contribution in [2.24, 2.45) is 5.92 Å². The van der Waals surface area contributed by atoms with E-state index in [1.165, 1.54) is 0 Å². The van der Waals surface area contributed by atoms with Crippen LogP contribution in [0.2, 0.25) is 0 Å². The lowest BCUT2D eigenvalue weighted by atomic mass is 10.1. The molecule has 2 heterocycles. The summed E-state index contributed by atoms with van der Waals surface area (Å²) in [5, 5.41) is 2.89. The van der Waals surface area contributed by atoms with Crippen LogP contribution >= 0.6 is 0 Å². The van der Waals surface area contributed by atoms with E-state index in [-0.39, 0.29) is 18.2 Å². The molecule has 0 spiro atoms. The first-order chi connectivity index (χ1) is 13.7. The zero-order valence-corrected chi connectivity index (χ0v) is 15.6. The van der Waals surface area contributed by atoms with Crippen LogP contribution in [0, 0.1) is 5.92 Å². The Morgan fingerprint density at radius 3 is 2.79 bits per heavy atom. The molecule has 146 valence electrons. The van der Waals surface area contributed by atoms with Gasteiger partial charge in [0.2, 0.25) is 11.8 Å². The highest BCUT2D eigenvalue weighted by molar-refractivity contribution is 6.04. The molecule has 0 aliphatic carbocycles. The standard InChI is InChI=1S/C21H22N2O5/c1-2-26-17-6-4-3-5-16(17)22-21(25)14-11-20(24)23(13-14)15-7-8-18-19(12-15)28-10-9-27-18/h3-8,12,14H,2,9-11,13H2,1H3,(H,22,25). The largest absolute Gasteiger partial charge is 0.492 e. The lowest BCUT2D eigenvalue weighted by Gasteiger charge is -2.22. The molecule has 2 amide bonds. The zero-order chi connectivity index (χ0) is 19.5. The zero-order valence-electron chi connectivity index (χ0n) is 15.6. The molecule has 0 radical (unpaired) electrons. The van der Waals surface area contributed by atoms with Gasteiger partial charge in [-0.15, -0.1) is 0 Å². The van der Waals surface area contributed by atoms with Crippen LogP contribution in [-0.4, -0.2) is 38.2 Å². The number of hydrogen-bond donors (Lipinski definition) is 1. The first-order valence-electron chi connectivity index (χ1n) is 9.38. The van der Waals surface area contributed by atoms with Crippen LogP contribution in [-0.2, 0) is 9.59 Å². The molecule has 4 rings (SSSR count). The number of benzene rings is 2. The van der Waals surface area contributed by atoms with Gasteiger partial charge in [-0.25, -0.2) is 0 Å². The Hall–Kier alpha value is -3.22. The second-order valence-corrected chi connectivity index (χ2v) is 6.65. The monoisotopic (exact) mass is 382 g/mol. The molecule has 0 saturated carbocycles. The predicted molar refractivity (Wildman–Crippen MR) is 104 cm³/mol. The molecule has 2 aromatic carbocycles. The summed E-state index contributed by atoms with van der Waals surface area (Å²) in [7, 11) is 0. The molecule has 1 fully saturated rings. The van der Waals surface area contributed by atoms with Gasteiger partial charge in [-0.2, -0.15) is 0 Å². The van der Waals surface area contributed by atoms with Gasteiger partial charge in [0.1, 0.15) is 19.0 Å². The first-order valence-corrected chi connectivity index (χ1v) is 9.38. The highest BCUT2D eigenvalue weighted by Crippen LogP contribution is 2.36. The summed E-state index contributed by atoms with van der Waals surface area (Å²) in [5.74, 6) is 1.19. The number of nitrogens with one attached hydrogen (secondary N) is 1. The quantitative estimate of drug-likeness (QED) is 0.861. The third-order valence-electron chi connectivity index (χ3n) is 4.78. The van der Waals surface area contributed by atoms with Gasteiger partial charge in [-0.05, 0) is 31.2 Å². The summed E-state index contributed by atoms with van der Waals surface area (Å²) >= 11 is 0. The normalized spacial score (nSPS) is 18.1. The van der Waals surface area contributed by atoms with Gasteiger partial charge < -0.3 is 24.4 Å². The van der Waals surface area contributed by atoms with E-state index in [2.05, 4.69) is 5.32 Å². The van der Waals surface area contributed by atoms with Crippen molar-refractivity contribution in [2.45, 2.75) is 13.3 Å². The molecule has 2 aliphatic heterocycles. The van der Waals surface area contributed by atoms with Crippen molar-refractivity contribution in [3.05, 3.63) is 42.5 Å². The van der Waals surface area contributed by atoms with E-state index in [0.29, 0.717) is 55.0 Å². The Labute approximate surface area is 163 Å². The maximum atomic E-state index is 12.7. The minimum Gasteiger partial charge on any atom is -0.492 e. The molecule has 2 aliphatic rings. The van der Waals surface area contributed by atoms with Crippen LogP contribution in [0.1, 0.15) is 13.3 Å². The first kappa shape index (κ1) is 18.2. The molecule has 1 atom stereocenters. The summed E-state index contributed by atoms with van der Waals surface area (Å²) in [4.78, 5) is 26.9. The Kier molecular flexibility index (Phi) is 5.06. The van der Waals surface area contributed by atoms with E-state index in [1.807, 2.05) is 25.1 Å². The molecular formula is C21H22N2O5. The molecule has 1 N–H and O–H groups in total. The minimum absolute atomic E-state index is 0.0880. The summed E-state index contributed by atoms with van der Waals surface area (Å²) in [6.45, 7) is 3.71. The fourth-order valence-electron chi connectivity index (χ4n) is 3.42. The molecule has 0 aromatic heterocycles. The maximum absolute atomic E-state index is 12.7. The molecule has 1 saturated heterocycles. The van der Waals surface area contributed by atoms with Gasteiger partial charge in [0.25, 0.3) is 0 Å². The number of carbonyl (C=O) groups is 2. The second-order valence-electron chi connectivity index (χ2n) is 6.65. The van der Waals surface area contributed by atoms with Crippen LogP contribution in [0.25, 0.3) is 0 Å². The number of rotatable bonds is 5. The van der Waals surface area contributed by atoms with E-state index in [0.717, 1.165) is 0 Å². The second kappa shape index (κ2) is 7.80. The average molecular weight is 382 g/mol. The van der Waals surface area contributed by atoms with Gasteiger partial charge in [0.15, 0.2) is 11.5 Å². The van der Waals surface area contributed by atoms with E-state index < -0.39 is 5.92 Å². The third-order valence-corrected chi connectivity index (χ3v) is 4.78. The summed E-state index contributed by atoms with van der Waals surface area (Å²) in [5.41, 5.74) is 1.32. The Morgan fingerprint density at radius 2 is 1.96 bits per heavy atom. The Bertz CT molecular complexity index is 898. The predicted octanol–water partition coefficient (Wildman–Crippen LogP) is 2.85. The smallest absolute Gasteiger partial charge is 0.229 e. The maximum Gasteiger partial charge on any atom is 0.229 e. The molecule has 7 heteroatoms. The molecule has 0 bridgehead atoms. The van der Waals surface area contributed by atoms with Gasteiger partial charge in [0.05, 0.1) is 18.2 Å². The number of ether oxygens (including phenoxy) is 3. The van der Waals surface area contributed by atoms with E-state index in [4.69, 9.17) is 14.2 Å². The van der Waals surface area contributed by atoms with Gasteiger partial charge >= 0.3 is 0 Å². The summed E-state index contributed by atoms with van der Waals surface area (Å²) in [6, 6.07) is 12.7. The number of anilines is 2. The van der Waals surface area contributed by atoms with Gasteiger partial charge in [-0.3, -0.25) is 9.59 Å². The fourth-order valence-corrected chi connectivity index (χ4v) is 3.42. The van der Waals surface area contributed by atoms with Crippen molar-refractivity contribution in [1.82, 2.24) is 0 Å². The van der Waals surface area contributed by atoms with Crippen LogP contribution in [0.5, 0.6) is 17.2 Å². The van der Waals surface area contributed by atoms with Crippen molar-refractivity contribution in [3.63, 3.8) is 0 Å². The lowest BCUT2D eigenvalue weighted by molar-refractivity contribution is -0.122. The summed E-state index contributed by atoms with van der Waals surface area (Å²) in [6.07, 6.45) is 0.164. The van der Waals surface area contributed by atoms with Crippen molar-refractivity contribution < 1.29 is 23.8 Å². The molecule has 2 aromatic rings. The average Bonchev–Trinajstić information content (AvgIpc) is 3.11.